The number of nitrogens with one attached hydrogen (secondary N) is 2. The van der Waals surface area contributed by atoms with Gasteiger partial charge in [0.2, 0.25) is 0 Å². The molecule has 0 saturated heterocycles. The first-order valence-corrected chi connectivity index (χ1v) is 14.6. The van der Waals surface area contributed by atoms with Crippen molar-refractivity contribution < 1.29 is 14.6 Å². The third-order valence-electron chi connectivity index (χ3n) is 6.80. The van der Waals surface area contributed by atoms with Gasteiger partial charge < -0.3 is 15.2 Å². The Kier molecular flexibility index (Phi) is 7.04. The number of aromatic nitrogens is 4. The summed E-state index contributed by atoms with van der Waals surface area (Å²) in [6.45, 7) is 8.22. The normalized spacial score (nSPS) is 11.7. The van der Waals surface area contributed by atoms with Crippen LogP contribution in [0.5, 0.6) is 17.2 Å². The maximum absolute atomic E-state index is 13.3. The SMILES string of the molecule is CCc1cnc2sc3ccc(Oc4ccccc4NC(=O)Nc4cc(C(C)(C)C)nn4-c4ccc(O)c(Cl)c4)cc3n12. The fraction of sp³-hybridized carbons (Fsp3) is 0.194. The van der Waals surface area contributed by atoms with Gasteiger partial charge in [0.15, 0.2) is 10.7 Å². The third-order valence-corrected chi connectivity index (χ3v) is 8.13. The average Bonchev–Trinajstić information content (AvgIpc) is 3.65. The van der Waals surface area contributed by atoms with E-state index in [-0.39, 0.29) is 16.2 Å². The first-order valence-electron chi connectivity index (χ1n) is 13.4. The molecule has 2 amide bonds. The number of urea groups is 1. The lowest BCUT2D eigenvalue weighted by molar-refractivity contribution is 0.262. The van der Waals surface area contributed by atoms with Crippen LogP contribution in [0.4, 0.5) is 16.3 Å². The maximum atomic E-state index is 13.3. The number of thiazole rings is 1. The zero-order valence-electron chi connectivity index (χ0n) is 23.5. The Hall–Kier alpha value is -4.54. The Balaban J connectivity index is 1.27. The van der Waals surface area contributed by atoms with Gasteiger partial charge in [0, 0.05) is 23.2 Å². The number of carbonyl (C=O) groups excluding carboxylic acids is 1. The van der Waals surface area contributed by atoms with Crippen LogP contribution < -0.4 is 15.4 Å². The monoisotopic (exact) mass is 600 g/mol. The van der Waals surface area contributed by atoms with Crippen LogP contribution in [0, 0.1) is 0 Å². The highest BCUT2D eigenvalue weighted by Gasteiger charge is 2.22. The van der Waals surface area contributed by atoms with E-state index in [1.54, 1.807) is 40.3 Å². The minimum atomic E-state index is -0.474. The van der Waals surface area contributed by atoms with Crippen molar-refractivity contribution in [2.75, 3.05) is 10.6 Å². The maximum Gasteiger partial charge on any atom is 0.324 e. The Morgan fingerprint density at radius 1 is 1.07 bits per heavy atom. The fourth-order valence-electron chi connectivity index (χ4n) is 4.58. The van der Waals surface area contributed by atoms with Gasteiger partial charge in [-0.2, -0.15) is 5.10 Å². The molecule has 3 heterocycles. The zero-order chi connectivity index (χ0) is 29.6. The van der Waals surface area contributed by atoms with Crippen LogP contribution in [0.1, 0.15) is 39.1 Å². The summed E-state index contributed by atoms with van der Waals surface area (Å²) in [5, 5.41) is 20.6. The molecule has 0 spiro atoms. The summed E-state index contributed by atoms with van der Waals surface area (Å²) in [4.78, 5) is 18.8. The molecule has 0 radical (unpaired) electrons. The number of phenols is 1. The number of benzene rings is 3. The predicted molar refractivity (Wildman–Crippen MR) is 168 cm³/mol. The second kappa shape index (κ2) is 10.7. The highest BCUT2D eigenvalue weighted by Crippen LogP contribution is 2.35. The van der Waals surface area contributed by atoms with Crippen molar-refractivity contribution in [2.24, 2.45) is 0 Å². The number of imidazole rings is 1. The van der Waals surface area contributed by atoms with Gasteiger partial charge in [-0.1, -0.05) is 62.8 Å². The number of phenolic OH excluding ortho intramolecular Hbond substituents is 1. The lowest BCUT2D eigenvalue weighted by Crippen LogP contribution is -2.21. The van der Waals surface area contributed by atoms with Crippen LogP contribution in [0.2, 0.25) is 5.02 Å². The van der Waals surface area contributed by atoms with E-state index in [4.69, 9.17) is 21.4 Å². The molecule has 0 unspecified atom stereocenters. The first-order chi connectivity index (χ1) is 20.1. The number of rotatable bonds is 6. The van der Waals surface area contributed by atoms with Gasteiger partial charge in [-0.3, -0.25) is 9.72 Å². The second-order valence-electron chi connectivity index (χ2n) is 10.8. The topological polar surface area (TPSA) is 106 Å². The number of aryl methyl sites for hydroxylation is 1. The Morgan fingerprint density at radius 3 is 2.64 bits per heavy atom. The standard InChI is InChI=1S/C31H29ClN6O3S/c1-5-18-17-33-30-37(18)23-15-20(11-13-26(23)42-30)41-25-9-7-6-8-22(25)34-29(40)35-28-16-27(31(2,3)4)36-38(28)19-10-12-24(39)21(32)14-19/h6-17,39H,5H2,1-4H3,(H2,34,35,40). The molecule has 6 aromatic rings. The van der Waals surface area contributed by atoms with Crippen molar-refractivity contribution in [3.8, 4) is 22.9 Å². The summed E-state index contributed by atoms with van der Waals surface area (Å²) in [5.74, 6) is 1.54. The summed E-state index contributed by atoms with van der Waals surface area (Å²) < 4.78 is 11.1. The number of fused-ring (bicyclic) bond motifs is 3. The average molecular weight is 601 g/mol. The molecule has 0 atom stereocenters. The van der Waals surface area contributed by atoms with Crippen molar-refractivity contribution in [1.82, 2.24) is 19.2 Å². The smallest absolute Gasteiger partial charge is 0.324 e. The van der Waals surface area contributed by atoms with Crippen molar-refractivity contribution >= 4 is 55.7 Å². The van der Waals surface area contributed by atoms with E-state index in [9.17, 15) is 9.90 Å². The number of carbonyl (C=O) groups is 1. The number of amides is 2. The van der Waals surface area contributed by atoms with Gasteiger partial charge in [-0.25, -0.2) is 14.5 Å². The molecule has 3 aromatic carbocycles. The quantitative estimate of drug-likeness (QED) is 0.178. The van der Waals surface area contributed by atoms with E-state index >= 15 is 0 Å². The fourth-order valence-corrected chi connectivity index (χ4v) is 5.76. The molecular weight excluding hydrogens is 572 g/mol. The van der Waals surface area contributed by atoms with Crippen molar-refractivity contribution in [1.29, 1.82) is 0 Å². The van der Waals surface area contributed by atoms with E-state index in [1.807, 2.05) is 63.4 Å². The largest absolute Gasteiger partial charge is 0.506 e. The molecule has 214 valence electrons. The molecular formula is C31H29ClN6O3S. The number of hydrogen-bond donors (Lipinski definition) is 3. The molecule has 0 aliphatic heterocycles. The Morgan fingerprint density at radius 2 is 1.88 bits per heavy atom. The van der Waals surface area contributed by atoms with Crippen LogP contribution in [0.15, 0.2) is 72.9 Å². The van der Waals surface area contributed by atoms with Crippen molar-refractivity contribution in [2.45, 2.75) is 39.5 Å². The van der Waals surface area contributed by atoms with Crippen LogP contribution >= 0.6 is 22.9 Å². The molecule has 42 heavy (non-hydrogen) atoms. The lowest BCUT2D eigenvalue weighted by Gasteiger charge is -2.14. The molecule has 11 heteroatoms. The summed E-state index contributed by atoms with van der Waals surface area (Å²) in [5.41, 5.74) is 3.75. The van der Waals surface area contributed by atoms with Crippen molar-refractivity contribution in [3.05, 3.63) is 89.3 Å². The number of ether oxygens (including phenoxy) is 1. The zero-order valence-corrected chi connectivity index (χ0v) is 25.0. The highest BCUT2D eigenvalue weighted by molar-refractivity contribution is 7.23. The summed E-state index contributed by atoms with van der Waals surface area (Å²) in [6, 6.07) is 19.3. The Bertz CT molecular complexity index is 1950. The van der Waals surface area contributed by atoms with Gasteiger partial charge in [0.05, 0.1) is 38.5 Å². The number of aromatic hydroxyl groups is 1. The van der Waals surface area contributed by atoms with E-state index < -0.39 is 6.03 Å². The third kappa shape index (κ3) is 5.26. The predicted octanol–water partition coefficient (Wildman–Crippen LogP) is 8.39. The van der Waals surface area contributed by atoms with Crippen LogP contribution in [-0.2, 0) is 11.8 Å². The van der Waals surface area contributed by atoms with Crippen molar-refractivity contribution in [3.63, 3.8) is 0 Å². The lowest BCUT2D eigenvalue weighted by atomic mass is 9.92. The van der Waals surface area contributed by atoms with E-state index in [0.717, 1.165) is 33.0 Å². The minimum Gasteiger partial charge on any atom is -0.506 e. The van der Waals surface area contributed by atoms with E-state index in [0.29, 0.717) is 28.7 Å². The van der Waals surface area contributed by atoms with Crippen LogP contribution in [0.25, 0.3) is 20.9 Å². The number of para-hydroxylation sites is 2. The van der Waals surface area contributed by atoms with E-state index in [2.05, 4.69) is 26.9 Å². The molecule has 3 aromatic heterocycles. The molecule has 3 N–H and O–H groups in total. The van der Waals surface area contributed by atoms with Gasteiger partial charge >= 0.3 is 6.03 Å². The molecule has 0 fully saturated rings. The minimum absolute atomic E-state index is 0.0362. The number of nitrogens with zero attached hydrogens (tertiary/aromatic N) is 4. The van der Waals surface area contributed by atoms with Gasteiger partial charge in [0.25, 0.3) is 0 Å². The molecule has 0 aliphatic carbocycles. The van der Waals surface area contributed by atoms with Gasteiger partial charge in [0.1, 0.15) is 17.3 Å². The van der Waals surface area contributed by atoms with Crippen LogP contribution in [-0.4, -0.2) is 30.3 Å². The first kappa shape index (κ1) is 27.6. The molecule has 9 nitrogen and oxygen atoms in total. The summed E-state index contributed by atoms with van der Waals surface area (Å²) in [6.07, 6.45) is 2.78. The van der Waals surface area contributed by atoms with Gasteiger partial charge in [-0.15, -0.1) is 0 Å². The van der Waals surface area contributed by atoms with E-state index in [1.165, 1.54) is 6.07 Å². The summed E-state index contributed by atoms with van der Waals surface area (Å²) in [7, 11) is 0. The molecule has 0 bridgehead atoms. The molecule has 0 saturated carbocycles. The Labute approximate surface area is 251 Å². The second-order valence-corrected chi connectivity index (χ2v) is 12.3. The number of hydrogen-bond acceptors (Lipinski definition) is 6. The molecule has 0 aliphatic rings. The number of halogens is 1. The van der Waals surface area contributed by atoms with Crippen LogP contribution in [0.3, 0.4) is 0 Å². The molecule has 6 rings (SSSR count). The highest BCUT2D eigenvalue weighted by atomic mass is 35.5. The summed E-state index contributed by atoms with van der Waals surface area (Å²) >= 11 is 7.80. The van der Waals surface area contributed by atoms with Gasteiger partial charge in [-0.05, 0) is 48.9 Å². The number of anilines is 2.